The van der Waals surface area contributed by atoms with Gasteiger partial charge >= 0.3 is 5.97 Å². The van der Waals surface area contributed by atoms with Crippen LogP contribution in [0.15, 0.2) is 30.3 Å². The van der Waals surface area contributed by atoms with E-state index in [9.17, 15) is 14.0 Å². The topological polar surface area (TPSA) is 63.6 Å². The highest BCUT2D eigenvalue weighted by molar-refractivity contribution is 6.03. The number of hydrogen-bond donors (Lipinski definition) is 1. The smallest absolute Gasteiger partial charge is 0.331 e. The van der Waals surface area contributed by atoms with Gasteiger partial charge in [-0.05, 0) is 65.3 Å². The molecule has 0 aromatic heterocycles. The summed E-state index contributed by atoms with van der Waals surface area (Å²) in [5.41, 5.74) is 7.12. The number of halogens is 1. The number of aliphatic hydroxyl groups excluding tert-OH is 1. The molecule has 2 aromatic rings. The average molecular weight is 382 g/mol. The van der Waals surface area contributed by atoms with Gasteiger partial charge in [0.25, 0.3) is 0 Å². The first-order valence-electron chi connectivity index (χ1n) is 9.24. The van der Waals surface area contributed by atoms with Gasteiger partial charge in [0.2, 0.25) is 0 Å². The van der Waals surface area contributed by atoms with Gasteiger partial charge in [-0.1, -0.05) is 18.2 Å². The average Bonchev–Trinajstić information content (AvgIpc) is 3.07. The fourth-order valence-electron chi connectivity index (χ4n) is 4.10. The second kappa shape index (κ2) is 8.07. The van der Waals surface area contributed by atoms with Crippen molar-refractivity contribution in [3.63, 3.8) is 0 Å². The van der Waals surface area contributed by atoms with Crippen LogP contribution in [0.1, 0.15) is 45.5 Å². The molecule has 1 aliphatic heterocycles. The quantitative estimate of drug-likeness (QED) is 0.792. The number of aliphatic hydroxyl groups is 1. The molecule has 0 bridgehead atoms. The van der Waals surface area contributed by atoms with Gasteiger partial charge in [-0.15, -0.1) is 0 Å². The summed E-state index contributed by atoms with van der Waals surface area (Å²) in [7, 11) is 1.00. The van der Waals surface area contributed by atoms with Crippen LogP contribution in [0.25, 0.3) is 16.7 Å². The van der Waals surface area contributed by atoms with Gasteiger partial charge in [0, 0.05) is 26.0 Å². The minimum absolute atomic E-state index is 0.114. The lowest BCUT2D eigenvalue weighted by Gasteiger charge is -2.19. The summed E-state index contributed by atoms with van der Waals surface area (Å²) in [6.07, 6.45) is 3.20. The second-order valence-corrected chi connectivity index (χ2v) is 6.94. The third-order valence-corrected chi connectivity index (χ3v) is 5.22. The van der Waals surface area contributed by atoms with E-state index in [0.29, 0.717) is 25.9 Å². The van der Waals surface area contributed by atoms with Gasteiger partial charge in [-0.3, -0.25) is 4.79 Å². The van der Waals surface area contributed by atoms with Crippen LogP contribution in [-0.4, -0.2) is 30.6 Å². The molecule has 1 heterocycles. The van der Waals surface area contributed by atoms with Crippen LogP contribution in [0.4, 0.5) is 4.39 Å². The van der Waals surface area contributed by atoms with Crippen LogP contribution < -0.4 is 0 Å². The third-order valence-electron chi connectivity index (χ3n) is 5.22. The van der Waals surface area contributed by atoms with E-state index in [1.165, 1.54) is 6.07 Å². The molecule has 0 amide bonds. The van der Waals surface area contributed by atoms with E-state index < -0.39 is 5.82 Å². The number of benzene rings is 2. The van der Waals surface area contributed by atoms with Gasteiger partial charge < -0.3 is 9.84 Å². The maximum absolute atomic E-state index is 14.1. The van der Waals surface area contributed by atoms with E-state index in [4.69, 9.17) is 9.84 Å². The molecule has 0 radical (unpaired) electrons. The molecule has 28 heavy (non-hydrogen) atoms. The lowest BCUT2D eigenvalue weighted by Crippen LogP contribution is -2.10. The summed E-state index contributed by atoms with van der Waals surface area (Å²) in [6, 6.07) is 7.28. The molecule has 1 aliphatic carbocycles. The van der Waals surface area contributed by atoms with Gasteiger partial charge in [0.1, 0.15) is 5.82 Å². The molecule has 2 aliphatic rings. The first-order valence-corrected chi connectivity index (χ1v) is 9.24. The number of ether oxygens (including phenoxy) is 1. The number of cyclic esters (lactones) is 1. The molecule has 0 fully saturated rings. The molecule has 4 rings (SSSR count). The fourth-order valence-corrected chi connectivity index (χ4v) is 4.10. The molecular weight excluding hydrogens is 359 g/mol. The number of hydrogen-bond acceptors (Lipinski definition) is 4. The van der Waals surface area contributed by atoms with E-state index >= 15 is 0 Å². The minimum atomic E-state index is -0.427. The van der Waals surface area contributed by atoms with E-state index in [-0.39, 0.29) is 17.3 Å². The zero-order valence-electron chi connectivity index (χ0n) is 16.3. The van der Waals surface area contributed by atoms with Crippen molar-refractivity contribution in [3.05, 3.63) is 64.0 Å². The van der Waals surface area contributed by atoms with Gasteiger partial charge in [-0.25, -0.2) is 9.18 Å². The maximum Gasteiger partial charge on any atom is 0.331 e. The lowest BCUT2D eigenvalue weighted by molar-refractivity contribution is -0.138. The molecule has 146 valence electrons. The first kappa shape index (κ1) is 20.0. The molecule has 0 unspecified atom stereocenters. The number of carbonyl (C=O) groups is 2. The van der Waals surface area contributed by atoms with Crippen molar-refractivity contribution >= 4 is 17.3 Å². The van der Waals surface area contributed by atoms with Gasteiger partial charge in [0.05, 0.1) is 12.2 Å². The van der Waals surface area contributed by atoms with Crippen LogP contribution in [0.2, 0.25) is 0 Å². The first-order chi connectivity index (χ1) is 13.5. The van der Waals surface area contributed by atoms with Crippen LogP contribution in [0.3, 0.4) is 0 Å². The highest BCUT2D eigenvalue weighted by atomic mass is 19.1. The van der Waals surface area contributed by atoms with Crippen molar-refractivity contribution in [1.29, 1.82) is 0 Å². The Hall–Kier alpha value is -2.79. The summed E-state index contributed by atoms with van der Waals surface area (Å²) >= 11 is 0. The van der Waals surface area contributed by atoms with Crippen molar-refractivity contribution in [2.24, 2.45) is 0 Å². The molecule has 1 N–H and O–H groups in total. The van der Waals surface area contributed by atoms with Gasteiger partial charge in [0.15, 0.2) is 5.78 Å². The number of aryl methyl sites for hydroxylation is 2. The Morgan fingerprint density at radius 2 is 1.64 bits per heavy atom. The third kappa shape index (κ3) is 3.50. The standard InChI is InChI=1S/C22H19FO3.CH4O/c1-12-9-15(14-7-8-26-20(25)11-14)10-13(2)21(12)16-3-5-18(23)22-17(16)4-6-19(22)24;1-2/h3,5,9-11H,4,6-8H2,1-2H3;2H,1H3. The zero-order valence-corrected chi connectivity index (χ0v) is 16.3. The second-order valence-electron chi connectivity index (χ2n) is 6.94. The highest BCUT2D eigenvalue weighted by Gasteiger charge is 2.27. The number of Topliss-reactive ketones (excluding diaryl/α,β-unsaturated/α-hetero) is 1. The van der Waals surface area contributed by atoms with Crippen LogP contribution in [0.5, 0.6) is 0 Å². The number of esters is 1. The number of fused-ring (bicyclic) bond motifs is 1. The molecule has 5 heteroatoms. The number of ketones is 1. The SMILES string of the molecule is CO.Cc1cc(C2=CC(=O)OCC2)cc(C)c1-c1ccc(F)c2c1CCC2=O. The van der Waals surface area contributed by atoms with Crippen LogP contribution >= 0.6 is 0 Å². The predicted molar refractivity (Wildman–Crippen MR) is 106 cm³/mol. The molecule has 4 nitrogen and oxygen atoms in total. The van der Waals surface area contributed by atoms with E-state index in [1.54, 1.807) is 12.1 Å². The Labute approximate surface area is 163 Å². The molecular formula is C23H23FO4. The summed E-state index contributed by atoms with van der Waals surface area (Å²) in [4.78, 5) is 23.6. The fraction of sp³-hybridized carbons (Fsp3) is 0.304. The monoisotopic (exact) mass is 382 g/mol. The summed E-state index contributed by atoms with van der Waals surface area (Å²) in [5.74, 6) is -0.846. The Balaban J connectivity index is 0.00000109. The number of rotatable bonds is 2. The maximum atomic E-state index is 14.1. The summed E-state index contributed by atoms with van der Waals surface area (Å²) in [5, 5.41) is 7.00. The molecule has 0 spiro atoms. The van der Waals surface area contributed by atoms with Crippen molar-refractivity contribution < 1.29 is 23.8 Å². The highest BCUT2D eigenvalue weighted by Crippen LogP contribution is 2.38. The van der Waals surface area contributed by atoms with Crippen molar-refractivity contribution in [3.8, 4) is 11.1 Å². The molecule has 0 saturated heterocycles. The Morgan fingerprint density at radius 1 is 0.964 bits per heavy atom. The largest absolute Gasteiger partial charge is 0.462 e. The Morgan fingerprint density at radius 3 is 2.29 bits per heavy atom. The summed E-state index contributed by atoms with van der Waals surface area (Å²) < 4.78 is 19.1. The minimum Gasteiger partial charge on any atom is -0.462 e. The van der Waals surface area contributed by atoms with E-state index in [0.717, 1.165) is 46.1 Å². The summed E-state index contributed by atoms with van der Waals surface area (Å²) in [6.45, 7) is 4.43. The van der Waals surface area contributed by atoms with Crippen molar-refractivity contribution in [1.82, 2.24) is 0 Å². The Bertz CT molecular complexity index is 965. The van der Waals surface area contributed by atoms with Crippen molar-refractivity contribution in [2.45, 2.75) is 33.1 Å². The molecule has 0 saturated carbocycles. The van der Waals surface area contributed by atoms with Crippen molar-refractivity contribution in [2.75, 3.05) is 13.7 Å². The Kier molecular flexibility index (Phi) is 5.75. The zero-order chi connectivity index (χ0) is 20.4. The van der Waals surface area contributed by atoms with E-state index in [1.807, 2.05) is 13.8 Å². The number of carbonyl (C=O) groups excluding carboxylic acids is 2. The lowest BCUT2D eigenvalue weighted by atomic mass is 9.87. The van der Waals surface area contributed by atoms with Crippen LogP contribution in [-0.2, 0) is 16.0 Å². The molecule has 2 aromatic carbocycles. The molecule has 0 atom stereocenters. The van der Waals surface area contributed by atoms with Gasteiger partial charge in [-0.2, -0.15) is 0 Å². The normalized spacial score (nSPS) is 15.4. The van der Waals surface area contributed by atoms with Crippen LogP contribution in [0, 0.1) is 19.7 Å². The van der Waals surface area contributed by atoms with E-state index in [2.05, 4.69) is 12.1 Å². The predicted octanol–water partition coefficient (Wildman–Crippen LogP) is 4.18.